The highest BCUT2D eigenvalue weighted by Gasteiger charge is 2.14. The zero-order chi connectivity index (χ0) is 11.3. The molecule has 0 fully saturated rings. The number of nitrogens with zero attached hydrogens (tertiary/aromatic N) is 2. The maximum absolute atomic E-state index is 11.8. The fourth-order valence-electron chi connectivity index (χ4n) is 1.20. The summed E-state index contributed by atoms with van der Waals surface area (Å²) in [5, 5.41) is 2.58. The second-order valence-electron chi connectivity index (χ2n) is 3.41. The summed E-state index contributed by atoms with van der Waals surface area (Å²) in [6.45, 7) is 3.29. The van der Waals surface area contributed by atoms with Crippen LogP contribution in [0.15, 0.2) is 5.38 Å². The van der Waals surface area contributed by atoms with Gasteiger partial charge in [-0.25, -0.2) is 4.98 Å². The molecule has 1 rings (SSSR count). The van der Waals surface area contributed by atoms with Crippen molar-refractivity contribution in [2.45, 2.75) is 26.3 Å². The maximum atomic E-state index is 11.8. The summed E-state index contributed by atoms with van der Waals surface area (Å²) in [5.74, 6) is -0.0144. The largest absolute Gasteiger partial charge is 0.340 e. The van der Waals surface area contributed by atoms with Crippen LogP contribution in [0.25, 0.3) is 0 Å². The van der Waals surface area contributed by atoms with Crippen LogP contribution in [0.5, 0.6) is 0 Å². The second kappa shape index (κ2) is 7.60. The molecule has 16 heavy (non-hydrogen) atoms. The predicted molar refractivity (Wildman–Crippen MR) is 69.1 cm³/mol. The Balaban J connectivity index is 0.00000225. The summed E-state index contributed by atoms with van der Waals surface area (Å²) < 4.78 is 0. The van der Waals surface area contributed by atoms with Gasteiger partial charge in [-0.1, -0.05) is 13.3 Å². The summed E-state index contributed by atoms with van der Waals surface area (Å²) in [4.78, 5) is 17.7. The lowest BCUT2D eigenvalue weighted by Gasteiger charge is -2.14. The summed E-state index contributed by atoms with van der Waals surface area (Å²) in [7, 11) is 1.81. The number of rotatable bonds is 5. The fourth-order valence-corrected chi connectivity index (χ4v) is 1.84. The van der Waals surface area contributed by atoms with Crippen molar-refractivity contribution >= 4 is 29.7 Å². The quantitative estimate of drug-likeness (QED) is 0.883. The molecule has 0 aromatic carbocycles. The molecule has 0 bridgehead atoms. The number of amides is 1. The molecular weight excluding hydrogens is 246 g/mol. The minimum atomic E-state index is -0.0144. The normalized spacial score (nSPS) is 9.69. The standard InChI is InChI=1S/C10H17N3OS.ClH/c1-3-4-5-13(2)10(14)8-7-15-9(6-11)12-8;/h7H,3-6,11H2,1-2H3;1H. The molecular formula is C10H18ClN3OS. The van der Waals surface area contributed by atoms with Crippen molar-refractivity contribution in [1.82, 2.24) is 9.88 Å². The maximum Gasteiger partial charge on any atom is 0.273 e. The van der Waals surface area contributed by atoms with E-state index in [-0.39, 0.29) is 18.3 Å². The Morgan fingerprint density at radius 2 is 2.31 bits per heavy atom. The summed E-state index contributed by atoms with van der Waals surface area (Å²) in [5.41, 5.74) is 5.96. The van der Waals surface area contributed by atoms with Crippen molar-refractivity contribution < 1.29 is 4.79 Å². The summed E-state index contributed by atoms with van der Waals surface area (Å²) in [6, 6.07) is 0. The predicted octanol–water partition coefficient (Wildman–Crippen LogP) is 1.90. The number of carbonyl (C=O) groups excluding carboxylic acids is 1. The lowest BCUT2D eigenvalue weighted by molar-refractivity contribution is 0.0788. The summed E-state index contributed by atoms with van der Waals surface area (Å²) in [6.07, 6.45) is 2.11. The molecule has 0 unspecified atom stereocenters. The van der Waals surface area contributed by atoms with Crippen LogP contribution in [-0.2, 0) is 6.54 Å². The van der Waals surface area contributed by atoms with Crippen molar-refractivity contribution in [3.05, 3.63) is 16.1 Å². The number of halogens is 1. The molecule has 1 amide bonds. The lowest BCUT2D eigenvalue weighted by Crippen LogP contribution is -2.28. The van der Waals surface area contributed by atoms with Crippen molar-refractivity contribution in [3.63, 3.8) is 0 Å². The third kappa shape index (κ3) is 4.08. The van der Waals surface area contributed by atoms with Gasteiger partial charge in [0.1, 0.15) is 10.7 Å². The number of hydrogen-bond acceptors (Lipinski definition) is 4. The first-order valence-corrected chi connectivity index (χ1v) is 5.97. The minimum absolute atomic E-state index is 0. The highest BCUT2D eigenvalue weighted by Crippen LogP contribution is 2.10. The van der Waals surface area contributed by atoms with Crippen LogP contribution in [0.2, 0.25) is 0 Å². The van der Waals surface area contributed by atoms with E-state index < -0.39 is 0 Å². The molecule has 0 aliphatic carbocycles. The molecule has 1 aromatic rings. The number of hydrogen-bond donors (Lipinski definition) is 1. The van der Waals surface area contributed by atoms with Crippen LogP contribution in [-0.4, -0.2) is 29.4 Å². The van der Waals surface area contributed by atoms with Gasteiger partial charge in [0.15, 0.2) is 0 Å². The third-order valence-electron chi connectivity index (χ3n) is 2.14. The zero-order valence-corrected chi connectivity index (χ0v) is 11.2. The average molecular weight is 264 g/mol. The Kier molecular flexibility index (Phi) is 7.29. The number of unbranched alkanes of at least 4 members (excludes halogenated alkanes) is 1. The molecule has 0 atom stereocenters. The second-order valence-corrected chi connectivity index (χ2v) is 4.35. The molecule has 0 saturated heterocycles. The van der Waals surface area contributed by atoms with E-state index in [1.165, 1.54) is 11.3 Å². The first-order chi connectivity index (χ1) is 7.19. The topological polar surface area (TPSA) is 59.2 Å². The van der Waals surface area contributed by atoms with Gasteiger partial charge < -0.3 is 10.6 Å². The van der Waals surface area contributed by atoms with Gasteiger partial charge in [-0.2, -0.15) is 0 Å². The van der Waals surface area contributed by atoms with Crippen LogP contribution in [0.3, 0.4) is 0 Å². The molecule has 0 spiro atoms. The Bertz CT molecular complexity index is 330. The molecule has 4 nitrogen and oxygen atoms in total. The van der Waals surface area contributed by atoms with Gasteiger partial charge in [0.05, 0.1) is 0 Å². The Labute approximate surface area is 106 Å². The molecule has 0 aliphatic rings. The molecule has 1 heterocycles. The SMILES string of the molecule is CCCCN(C)C(=O)c1csc(CN)n1.Cl. The van der Waals surface area contributed by atoms with Gasteiger partial charge >= 0.3 is 0 Å². The first-order valence-electron chi connectivity index (χ1n) is 5.09. The Morgan fingerprint density at radius 1 is 1.62 bits per heavy atom. The van der Waals surface area contributed by atoms with Crippen molar-refractivity contribution in [2.75, 3.05) is 13.6 Å². The minimum Gasteiger partial charge on any atom is -0.340 e. The fraction of sp³-hybridized carbons (Fsp3) is 0.600. The molecule has 0 radical (unpaired) electrons. The van der Waals surface area contributed by atoms with Gasteiger partial charge in [-0.15, -0.1) is 23.7 Å². The molecule has 1 aromatic heterocycles. The van der Waals surface area contributed by atoms with Crippen LogP contribution in [0, 0.1) is 0 Å². The average Bonchev–Trinajstić information content (AvgIpc) is 2.73. The Hall–Kier alpha value is -0.650. The highest BCUT2D eigenvalue weighted by atomic mass is 35.5. The van der Waals surface area contributed by atoms with Crippen molar-refractivity contribution in [1.29, 1.82) is 0 Å². The molecule has 92 valence electrons. The van der Waals surface area contributed by atoms with Crippen LogP contribution in [0.1, 0.15) is 35.3 Å². The molecule has 6 heteroatoms. The van der Waals surface area contributed by atoms with E-state index in [2.05, 4.69) is 11.9 Å². The van der Waals surface area contributed by atoms with Crippen molar-refractivity contribution in [3.8, 4) is 0 Å². The van der Waals surface area contributed by atoms with E-state index in [0.29, 0.717) is 12.2 Å². The third-order valence-corrected chi connectivity index (χ3v) is 3.01. The van der Waals surface area contributed by atoms with Crippen LogP contribution < -0.4 is 5.73 Å². The number of carbonyl (C=O) groups is 1. The highest BCUT2D eigenvalue weighted by molar-refractivity contribution is 7.09. The zero-order valence-electron chi connectivity index (χ0n) is 9.60. The van der Waals surface area contributed by atoms with Crippen LogP contribution >= 0.6 is 23.7 Å². The van der Waals surface area contributed by atoms with E-state index in [0.717, 1.165) is 24.4 Å². The molecule has 0 aliphatic heterocycles. The van der Waals surface area contributed by atoms with Gasteiger partial charge in [0.25, 0.3) is 5.91 Å². The smallest absolute Gasteiger partial charge is 0.273 e. The monoisotopic (exact) mass is 263 g/mol. The van der Waals surface area contributed by atoms with Gasteiger partial charge in [0.2, 0.25) is 0 Å². The van der Waals surface area contributed by atoms with Gasteiger partial charge in [-0.05, 0) is 6.42 Å². The molecule has 0 saturated carbocycles. The number of thiazole rings is 1. The number of aromatic nitrogens is 1. The first kappa shape index (κ1) is 15.3. The molecule has 2 N–H and O–H groups in total. The van der Waals surface area contributed by atoms with Gasteiger partial charge in [0, 0.05) is 25.5 Å². The van der Waals surface area contributed by atoms with E-state index in [4.69, 9.17) is 5.73 Å². The summed E-state index contributed by atoms with van der Waals surface area (Å²) >= 11 is 1.44. The van der Waals surface area contributed by atoms with E-state index in [9.17, 15) is 4.79 Å². The number of nitrogens with two attached hydrogens (primary N) is 1. The van der Waals surface area contributed by atoms with E-state index in [1.54, 1.807) is 17.3 Å². The van der Waals surface area contributed by atoms with Crippen LogP contribution in [0.4, 0.5) is 0 Å². The van der Waals surface area contributed by atoms with Gasteiger partial charge in [-0.3, -0.25) is 4.79 Å². The lowest BCUT2D eigenvalue weighted by atomic mass is 10.3. The Morgan fingerprint density at radius 3 is 2.81 bits per heavy atom. The van der Waals surface area contributed by atoms with Crippen molar-refractivity contribution in [2.24, 2.45) is 5.73 Å². The van der Waals surface area contributed by atoms with E-state index in [1.807, 2.05) is 0 Å². The van der Waals surface area contributed by atoms with E-state index >= 15 is 0 Å².